The second-order valence-corrected chi connectivity index (χ2v) is 6.44. The van der Waals surface area contributed by atoms with E-state index in [2.05, 4.69) is 16.0 Å². The zero-order valence-corrected chi connectivity index (χ0v) is 16.0. The molecule has 0 radical (unpaired) electrons. The van der Waals surface area contributed by atoms with Crippen molar-refractivity contribution >= 4 is 40.9 Å². The highest BCUT2D eigenvalue weighted by Crippen LogP contribution is 2.21. The standard InChI is InChI=1S/C18H15Cl2F2N3O3/c1-23-18(28)16(9-2-5-13(21)14(22)6-9)25-15(26)8-24-17(27)11-4-3-10(19)7-12(11)20/h2-7,16H,8H2,1H3,(H,23,28)(H,24,27)(H,25,26). The Balaban J connectivity index is 2.06. The Morgan fingerprint density at radius 3 is 2.36 bits per heavy atom. The number of hydrogen-bond donors (Lipinski definition) is 3. The molecule has 1 atom stereocenters. The fourth-order valence-electron chi connectivity index (χ4n) is 2.28. The van der Waals surface area contributed by atoms with Crippen molar-refractivity contribution in [3.63, 3.8) is 0 Å². The second-order valence-electron chi connectivity index (χ2n) is 5.60. The summed E-state index contributed by atoms with van der Waals surface area (Å²) in [6.45, 7) is -0.477. The summed E-state index contributed by atoms with van der Waals surface area (Å²) in [4.78, 5) is 36.3. The highest BCUT2D eigenvalue weighted by molar-refractivity contribution is 6.36. The lowest BCUT2D eigenvalue weighted by Gasteiger charge is -2.18. The van der Waals surface area contributed by atoms with E-state index in [0.717, 1.165) is 12.1 Å². The lowest BCUT2D eigenvalue weighted by atomic mass is 10.1. The number of hydrogen-bond acceptors (Lipinski definition) is 3. The number of carbonyl (C=O) groups excluding carboxylic acids is 3. The first-order valence-electron chi connectivity index (χ1n) is 7.92. The molecular weight excluding hydrogens is 415 g/mol. The smallest absolute Gasteiger partial charge is 0.253 e. The van der Waals surface area contributed by atoms with Gasteiger partial charge in [-0.05, 0) is 35.9 Å². The van der Waals surface area contributed by atoms with Crippen molar-refractivity contribution in [2.45, 2.75) is 6.04 Å². The van der Waals surface area contributed by atoms with Crippen LogP contribution in [0.5, 0.6) is 0 Å². The Morgan fingerprint density at radius 1 is 1.04 bits per heavy atom. The van der Waals surface area contributed by atoms with Crippen LogP contribution in [0.25, 0.3) is 0 Å². The minimum Gasteiger partial charge on any atom is -0.357 e. The average Bonchev–Trinajstić information content (AvgIpc) is 2.66. The van der Waals surface area contributed by atoms with Gasteiger partial charge in [0.25, 0.3) is 5.91 Å². The molecule has 0 fully saturated rings. The minimum absolute atomic E-state index is 0.0404. The van der Waals surface area contributed by atoms with Crippen LogP contribution in [0.1, 0.15) is 22.0 Å². The van der Waals surface area contributed by atoms with Gasteiger partial charge >= 0.3 is 0 Å². The Kier molecular flexibility index (Phi) is 7.31. The van der Waals surface area contributed by atoms with Crippen LogP contribution < -0.4 is 16.0 Å². The number of benzene rings is 2. The predicted molar refractivity (Wildman–Crippen MR) is 100 cm³/mol. The fourth-order valence-corrected chi connectivity index (χ4v) is 2.77. The molecule has 0 spiro atoms. The van der Waals surface area contributed by atoms with Gasteiger partial charge in [-0.2, -0.15) is 0 Å². The number of carbonyl (C=O) groups is 3. The SMILES string of the molecule is CNC(=O)C(NC(=O)CNC(=O)c1ccc(Cl)cc1Cl)c1ccc(F)c(F)c1. The van der Waals surface area contributed by atoms with Crippen molar-refractivity contribution in [1.82, 2.24) is 16.0 Å². The van der Waals surface area contributed by atoms with Gasteiger partial charge in [-0.25, -0.2) is 8.78 Å². The summed E-state index contributed by atoms with van der Waals surface area (Å²) < 4.78 is 26.6. The van der Waals surface area contributed by atoms with E-state index >= 15 is 0 Å². The zero-order chi connectivity index (χ0) is 20.8. The van der Waals surface area contributed by atoms with E-state index in [4.69, 9.17) is 23.2 Å². The lowest BCUT2D eigenvalue weighted by Crippen LogP contribution is -2.43. The maximum Gasteiger partial charge on any atom is 0.253 e. The first-order chi connectivity index (χ1) is 13.2. The molecular formula is C18H15Cl2F2N3O3. The number of likely N-dealkylation sites (N-methyl/N-ethyl adjacent to an activating group) is 1. The first-order valence-corrected chi connectivity index (χ1v) is 8.67. The summed E-state index contributed by atoms with van der Waals surface area (Å²) in [5.74, 6) is -4.24. The van der Waals surface area contributed by atoms with Crippen LogP contribution in [0, 0.1) is 11.6 Å². The zero-order valence-electron chi connectivity index (χ0n) is 14.5. The third-order valence-corrected chi connectivity index (χ3v) is 4.22. The third-order valence-electron chi connectivity index (χ3n) is 3.68. The van der Waals surface area contributed by atoms with Crippen molar-refractivity contribution in [1.29, 1.82) is 0 Å². The number of halogens is 4. The Morgan fingerprint density at radius 2 is 1.75 bits per heavy atom. The van der Waals surface area contributed by atoms with E-state index in [1.165, 1.54) is 31.3 Å². The summed E-state index contributed by atoms with van der Waals surface area (Å²) in [5.41, 5.74) is 0.154. The van der Waals surface area contributed by atoms with Gasteiger partial charge in [0, 0.05) is 12.1 Å². The molecule has 0 bridgehead atoms. The van der Waals surface area contributed by atoms with Gasteiger partial charge in [0.1, 0.15) is 6.04 Å². The van der Waals surface area contributed by atoms with Gasteiger partial charge in [-0.3, -0.25) is 14.4 Å². The highest BCUT2D eigenvalue weighted by atomic mass is 35.5. The molecule has 10 heteroatoms. The number of rotatable bonds is 6. The third kappa shape index (κ3) is 5.40. The molecule has 0 saturated carbocycles. The van der Waals surface area contributed by atoms with Gasteiger partial charge < -0.3 is 16.0 Å². The lowest BCUT2D eigenvalue weighted by molar-refractivity contribution is -0.128. The molecule has 0 aliphatic carbocycles. The Hall–Kier alpha value is -2.71. The molecule has 2 aromatic rings. The van der Waals surface area contributed by atoms with Gasteiger partial charge in [-0.1, -0.05) is 29.3 Å². The van der Waals surface area contributed by atoms with Crippen molar-refractivity contribution in [2.75, 3.05) is 13.6 Å². The van der Waals surface area contributed by atoms with E-state index in [-0.39, 0.29) is 16.1 Å². The van der Waals surface area contributed by atoms with Crippen molar-refractivity contribution in [3.05, 3.63) is 69.2 Å². The predicted octanol–water partition coefficient (Wildman–Crippen LogP) is 2.60. The molecule has 3 N–H and O–H groups in total. The molecule has 2 aromatic carbocycles. The number of amides is 3. The van der Waals surface area contributed by atoms with Gasteiger partial charge in [0.05, 0.1) is 17.1 Å². The van der Waals surface area contributed by atoms with Crippen LogP contribution in [0.3, 0.4) is 0 Å². The summed E-state index contributed by atoms with van der Waals surface area (Å²) in [5, 5.41) is 7.47. The van der Waals surface area contributed by atoms with Crippen LogP contribution in [0.4, 0.5) is 8.78 Å². The molecule has 6 nitrogen and oxygen atoms in total. The molecule has 0 aliphatic rings. The quantitative estimate of drug-likeness (QED) is 0.659. The van der Waals surface area contributed by atoms with E-state index < -0.39 is 41.9 Å². The van der Waals surface area contributed by atoms with Crippen LogP contribution in [0.2, 0.25) is 10.0 Å². The van der Waals surface area contributed by atoms with Crippen LogP contribution in [0.15, 0.2) is 36.4 Å². The molecule has 3 amide bonds. The van der Waals surface area contributed by atoms with Crippen LogP contribution >= 0.6 is 23.2 Å². The summed E-state index contributed by atoms with van der Waals surface area (Å²) >= 11 is 11.7. The summed E-state index contributed by atoms with van der Waals surface area (Å²) in [7, 11) is 1.33. The summed E-state index contributed by atoms with van der Waals surface area (Å²) in [6.07, 6.45) is 0. The van der Waals surface area contributed by atoms with E-state index in [1.807, 2.05) is 0 Å². The molecule has 0 saturated heterocycles. The normalized spacial score (nSPS) is 11.5. The minimum atomic E-state index is -1.27. The highest BCUT2D eigenvalue weighted by Gasteiger charge is 2.23. The van der Waals surface area contributed by atoms with Gasteiger partial charge in [-0.15, -0.1) is 0 Å². The largest absolute Gasteiger partial charge is 0.357 e. The van der Waals surface area contributed by atoms with Crippen molar-refractivity contribution in [2.24, 2.45) is 0 Å². The maximum atomic E-state index is 13.5. The van der Waals surface area contributed by atoms with Crippen LogP contribution in [-0.4, -0.2) is 31.3 Å². The Labute approximate surface area is 169 Å². The molecule has 1 unspecified atom stereocenters. The van der Waals surface area contributed by atoms with Crippen LogP contribution in [-0.2, 0) is 9.59 Å². The topological polar surface area (TPSA) is 87.3 Å². The Bertz CT molecular complexity index is 925. The van der Waals surface area contributed by atoms with E-state index in [9.17, 15) is 23.2 Å². The van der Waals surface area contributed by atoms with Crippen molar-refractivity contribution in [3.8, 4) is 0 Å². The summed E-state index contributed by atoms with van der Waals surface area (Å²) in [6, 6.07) is 5.79. The first kappa shape index (κ1) is 21.6. The fraction of sp³-hybridized carbons (Fsp3) is 0.167. The molecule has 2 rings (SSSR count). The molecule has 148 valence electrons. The second kappa shape index (κ2) is 9.48. The van der Waals surface area contributed by atoms with E-state index in [1.54, 1.807) is 0 Å². The monoisotopic (exact) mass is 429 g/mol. The van der Waals surface area contributed by atoms with Gasteiger partial charge in [0.2, 0.25) is 11.8 Å². The van der Waals surface area contributed by atoms with Crippen molar-refractivity contribution < 1.29 is 23.2 Å². The molecule has 0 heterocycles. The van der Waals surface area contributed by atoms with E-state index in [0.29, 0.717) is 5.02 Å². The molecule has 28 heavy (non-hydrogen) atoms. The number of nitrogens with one attached hydrogen (secondary N) is 3. The maximum absolute atomic E-state index is 13.5. The molecule has 0 aromatic heterocycles. The van der Waals surface area contributed by atoms with Gasteiger partial charge in [0.15, 0.2) is 11.6 Å². The average molecular weight is 430 g/mol. The molecule has 0 aliphatic heterocycles.